The number of pyridine rings is 3. The monoisotopic (exact) mass is 454 g/mol. The van der Waals surface area contributed by atoms with Crippen LogP contribution in [0.3, 0.4) is 0 Å². The van der Waals surface area contributed by atoms with Crippen molar-refractivity contribution in [2.24, 2.45) is 7.05 Å². The molecule has 0 unspecified atom stereocenters. The number of aryl methyl sites for hydroxylation is 2. The minimum atomic E-state index is -4.50. The molecule has 0 saturated heterocycles. The second-order valence-corrected chi connectivity index (χ2v) is 8.04. The summed E-state index contributed by atoms with van der Waals surface area (Å²) in [4.78, 5) is 21.1. The second-order valence-electron chi connectivity index (χ2n) is 8.04. The largest absolute Gasteiger partial charge is 0.433 e. The van der Waals surface area contributed by atoms with Crippen LogP contribution in [0.1, 0.15) is 43.6 Å². The van der Waals surface area contributed by atoms with Gasteiger partial charge >= 0.3 is 6.18 Å². The summed E-state index contributed by atoms with van der Waals surface area (Å²) in [6, 6.07) is 9.11. The summed E-state index contributed by atoms with van der Waals surface area (Å²) in [5, 5.41) is 1.09. The average molecular weight is 454 g/mol. The van der Waals surface area contributed by atoms with Gasteiger partial charge in [-0.3, -0.25) is 14.3 Å². The van der Waals surface area contributed by atoms with E-state index in [-0.39, 0.29) is 5.56 Å². The lowest BCUT2D eigenvalue weighted by Gasteiger charge is -2.09. The molecule has 0 aromatic carbocycles. The van der Waals surface area contributed by atoms with Gasteiger partial charge in [0.2, 0.25) is 0 Å². The van der Waals surface area contributed by atoms with Gasteiger partial charge in [0.25, 0.3) is 5.56 Å². The molecule has 172 valence electrons. The van der Waals surface area contributed by atoms with Crippen molar-refractivity contribution in [3.63, 3.8) is 0 Å². The lowest BCUT2D eigenvalue weighted by Crippen LogP contribution is -2.18. The Morgan fingerprint density at radius 3 is 2.42 bits per heavy atom. The van der Waals surface area contributed by atoms with Crippen LogP contribution >= 0.6 is 0 Å². The number of unbranched alkanes of at least 4 members (excludes halogenated alkanes) is 1. The molecule has 5 nitrogen and oxygen atoms in total. The van der Waals surface area contributed by atoms with E-state index in [0.29, 0.717) is 16.9 Å². The number of hydrogen-bond acceptors (Lipinski definition) is 3. The molecule has 0 spiro atoms. The third kappa shape index (κ3) is 4.29. The second kappa shape index (κ2) is 8.84. The Morgan fingerprint density at radius 1 is 1.03 bits per heavy atom. The highest BCUT2D eigenvalue weighted by molar-refractivity contribution is 5.83. The molecule has 4 rings (SSSR count). The molecule has 4 heterocycles. The molecule has 4 aromatic rings. The van der Waals surface area contributed by atoms with Crippen molar-refractivity contribution < 1.29 is 13.2 Å². The van der Waals surface area contributed by atoms with Crippen LogP contribution in [0, 0.1) is 0 Å². The predicted octanol–water partition coefficient (Wildman–Crippen LogP) is 5.71. The van der Waals surface area contributed by atoms with E-state index in [0.717, 1.165) is 49.0 Å². The molecule has 0 aliphatic rings. The number of fused-ring (bicyclic) bond motifs is 1. The summed E-state index contributed by atoms with van der Waals surface area (Å²) in [6.45, 7) is 4.30. The molecule has 0 aliphatic heterocycles. The van der Waals surface area contributed by atoms with Crippen LogP contribution in [0.15, 0.2) is 53.6 Å². The Morgan fingerprint density at radius 2 is 1.82 bits per heavy atom. The van der Waals surface area contributed by atoms with Crippen molar-refractivity contribution in [3.05, 3.63) is 76.1 Å². The molecule has 33 heavy (non-hydrogen) atoms. The van der Waals surface area contributed by atoms with Gasteiger partial charge in [-0.2, -0.15) is 13.2 Å². The highest BCUT2D eigenvalue weighted by Gasteiger charge is 2.32. The van der Waals surface area contributed by atoms with E-state index in [1.165, 1.54) is 28.0 Å². The molecule has 8 heteroatoms. The molecule has 0 atom stereocenters. The van der Waals surface area contributed by atoms with E-state index in [9.17, 15) is 18.0 Å². The van der Waals surface area contributed by atoms with E-state index in [1.54, 1.807) is 12.3 Å². The molecule has 0 N–H and O–H groups in total. The third-order valence-corrected chi connectivity index (χ3v) is 5.93. The first-order valence-corrected chi connectivity index (χ1v) is 11.0. The zero-order valence-electron chi connectivity index (χ0n) is 18.8. The summed E-state index contributed by atoms with van der Waals surface area (Å²) in [6.07, 6.45) is 2.32. The highest BCUT2D eigenvalue weighted by atomic mass is 19.4. The SMILES string of the molecule is CCCCc1c(CC)c2ccc(-n3ccc(-c4ccc(C(F)(F)F)nc4)cc3=O)nc2n1C. The predicted molar refractivity (Wildman–Crippen MR) is 123 cm³/mol. The Bertz CT molecular complexity index is 1350. The summed E-state index contributed by atoms with van der Waals surface area (Å²) >= 11 is 0. The fourth-order valence-corrected chi connectivity index (χ4v) is 4.19. The van der Waals surface area contributed by atoms with Crippen LogP contribution in [-0.4, -0.2) is 19.1 Å². The van der Waals surface area contributed by atoms with Crippen molar-refractivity contribution in [2.45, 2.75) is 45.7 Å². The standard InChI is InChI=1S/C25H25F3N4O/c1-4-6-7-20-18(5-2)19-9-11-22(30-24(19)31(20)3)32-13-12-16(14-23(32)33)17-8-10-21(29-15-17)25(26,27)28/h8-15H,4-7H2,1-3H3. The smallest absolute Gasteiger partial charge is 0.332 e. The summed E-state index contributed by atoms with van der Waals surface area (Å²) in [5.41, 5.74) is 3.03. The topological polar surface area (TPSA) is 52.7 Å². The van der Waals surface area contributed by atoms with Crippen molar-refractivity contribution >= 4 is 11.0 Å². The number of halogens is 3. The first-order valence-electron chi connectivity index (χ1n) is 11.0. The van der Waals surface area contributed by atoms with E-state index in [4.69, 9.17) is 4.98 Å². The molecule has 0 bridgehead atoms. The van der Waals surface area contributed by atoms with E-state index < -0.39 is 11.9 Å². The zero-order valence-corrected chi connectivity index (χ0v) is 18.8. The first-order chi connectivity index (χ1) is 15.7. The van der Waals surface area contributed by atoms with Gasteiger partial charge in [0.1, 0.15) is 17.2 Å². The molecule has 0 amide bonds. The van der Waals surface area contributed by atoms with Crippen LogP contribution in [0.4, 0.5) is 13.2 Å². The number of alkyl halides is 3. The number of nitrogens with zero attached hydrogens (tertiary/aromatic N) is 4. The van der Waals surface area contributed by atoms with Gasteiger partial charge in [-0.15, -0.1) is 0 Å². The van der Waals surface area contributed by atoms with E-state index >= 15 is 0 Å². The number of rotatable bonds is 6. The fraction of sp³-hybridized carbons (Fsp3) is 0.320. The Hall–Kier alpha value is -3.42. The van der Waals surface area contributed by atoms with Crippen molar-refractivity contribution in [3.8, 4) is 16.9 Å². The molecule has 4 aromatic heterocycles. The lowest BCUT2D eigenvalue weighted by atomic mass is 10.1. The van der Waals surface area contributed by atoms with Gasteiger partial charge in [0.15, 0.2) is 0 Å². The fourth-order valence-electron chi connectivity index (χ4n) is 4.19. The maximum absolute atomic E-state index is 12.8. The van der Waals surface area contributed by atoms with Crippen LogP contribution in [0.5, 0.6) is 0 Å². The van der Waals surface area contributed by atoms with Crippen LogP contribution in [0.25, 0.3) is 28.0 Å². The van der Waals surface area contributed by atoms with E-state index in [2.05, 4.69) is 23.4 Å². The summed E-state index contributed by atoms with van der Waals surface area (Å²) in [7, 11) is 2.01. The van der Waals surface area contributed by atoms with Gasteiger partial charge in [0, 0.05) is 42.2 Å². The normalized spacial score (nSPS) is 11.9. The first kappa shape index (κ1) is 22.8. The Kier molecular flexibility index (Phi) is 6.10. The van der Waals surface area contributed by atoms with Crippen molar-refractivity contribution in [1.29, 1.82) is 0 Å². The van der Waals surface area contributed by atoms with Gasteiger partial charge in [0.05, 0.1) is 0 Å². The van der Waals surface area contributed by atoms with Crippen LogP contribution < -0.4 is 5.56 Å². The maximum Gasteiger partial charge on any atom is 0.433 e. The molecule has 0 fully saturated rings. The highest BCUT2D eigenvalue weighted by Crippen LogP contribution is 2.29. The van der Waals surface area contributed by atoms with Gasteiger partial charge in [-0.25, -0.2) is 4.98 Å². The number of aromatic nitrogens is 4. The maximum atomic E-state index is 12.8. The zero-order chi connectivity index (χ0) is 23.8. The summed E-state index contributed by atoms with van der Waals surface area (Å²) in [5.74, 6) is 0.495. The van der Waals surface area contributed by atoms with Gasteiger partial charge in [-0.05, 0) is 54.7 Å². The van der Waals surface area contributed by atoms with Crippen LogP contribution in [0.2, 0.25) is 0 Å². The Labute approximate surface area is 189 Å². The third-order valence-electron chi connectivity index (χ3n) is 5.93. The lowest BCUT2D eigenvalue weighted by molar-refractivity contribution is -0.141. The molecular weight excluding hydrogens is 429 g/mol. The minimum absolute atomic E-state index is 0.324. The summed E-state index contributed by atoms with van der Waals surface area (Å²) < 4.78 is 41.8. The Balaban J connectivity index is 1.71. The van der Waals surface area contributed by atoms with Crippen LogP contribution in [-0.2, 0) is 26.1 Å². The number of hydrogen-bond donors (Lipinski definition) is 0. The molecule has 0 radical (unpaired) electrons. The molecule has 0 saturated carbocycles. The van der Waals surface area contributed by atoms with Crippen molar-refractivity contribution in [2.75, 3.05) is 0 Å². The molecular formula is C25H25F3N4O. The average Bonchev–Trinajstić information content (AvgIpc) is 3.07. The molecule has 0 aliphatic carbocycles. The van der Waals surface area contributed by atoms with Gasteiger partial charge < -0.3 is 4.57 Å². The quantitative estimate of drug-likeness (QED) is 0.375. The van der Waals surface area contributed by atoms with E-state index in [1.807, 2.05) is 19.2 Å². The van der Waals surface area contributed by atoms with Gasteiger partial charge in [-0.1, -0.05) is 26.3 Å². The minimum Gasteiger partial charge on any atom is -0.332 e. The van der Waals surface area contributed by atoms with Crippen molar-refractivity contribution in [1.82, 2.24) is 19.1 Å².